The first-order valence-electron chi connectivity index (χ1n) is 7.30. The molecule has 0 aliphatic carbocycles. The molecule has 1 fully saturated rings. The van der Waals surface area contributed by atoms with Crippen LogP contribution in [0.1, 0.15) is 40.9 Å². The summed E-state index contributed by atoms with van der Waals surface area (Å²) in [6.07, 6.45) is -0.597. The van der Waals surface area contributed by atoms with Gasteiger partial charge in [-0.25, -0.2) is 0 Å². The van der Waals surface area contributed by atoms with Gasteiger partial charge in [-0.2, -0.15) is 10.2 Å². The summed E-state index contributed by atoms with van der Waals surface area (Å²) in [6.45, 7) is 4.42. The zero-order valence-corrected chi connectivity index (χ0v) is 13.2. The molecule has 0 aromatic carbocycles. The van der Waals surface area contributed by atoms with Gasteiger partial charge in [0.25, 0.3) is 11.8 Å². The van der Waals surface area contributed by atoms with E-state index in [0.29, 0.717) is 36.2 Å². The Balaban J connectivity index is 1.82. The van der Waals surface area contributed by atoms with E-state index < -0.39 is 6.10 Å². The van der Waals surface area contributed by atoms with Crippen molar-refractivity contribution in [2.75, 3.05) is 13.1 Å². The summed E-state index contributed by atoms with van der Waals surface area (Å²) in [5, 5.41) is 12.8. The Labute approximate surface area is 133 Å². The zero-order valence-electron chi connectivity index (χ0n) is 13.2. The summed E-state index contributed by atoms with van der Waals surface area (Å²) < 4.78 is 12.6. The van der Waals surface area contributed by atoms with E-state index in [9.17, 15) is 4.79 Å². The summed E-state index contributed by atoms with van der Waals surface area (Å²) in [6, 6.07) is 5.35. The maximum Gasteiger partial charge on any atom is 0.270 e. The van der Waals surface area contributed by atoms with Crippen LogP contribution in [0.3, 0.4) is 0 Å². The third kappa shape index (κ3) is 2.83. The van der Waals surface area contributed by atoms with Crippen molar-refractivity contribution < 1.29 is 14.1 Å². The number of hydrogen-bond donors (Lipinski definition) is 0. The first-order chi connectivity index (χ1) is 11.0. The Bertz CT molecular complexity index is 772. The van der Waals surface area contributed by atoms with Crippen LogP contribution in [0.4, 0.5) is 0 Å². The van der Waals surface area contributed by atoms with Gasteiger partial charge < -0.3 is 18.7 Å². The number of rotatable bonds is 2. The van der Waals surface area contributed by atoms with Gasteiger partial charge in [0, 0.05) is 13.6 Å². The van der Waals surface area contributed by atoms with Crippen molar-refractivity contribution in [1.29, 1.82) is 5.26 Å². The number of carbonyl (C=O) groups is 1. The summed E-state index contributed by atoms with van der Waals surface area (Å²) in [7, 11) is 1.70. The topological polar surface area (TPSA) is 97.2 Å². The minimum Gasteiger partial charge on any atom is -0.362 e. The highest BCUT2D eigenvalue weighted by atomic mass is 16.5. The van der Waals surface area contributed by atoms with E-state index in [-0.39, 0.29) is 12.0 Å². The van der Waals surface area contributed by atoms with Crippen LogP contribution in [-0.2, 0) is 11.8 Å². The van der Waals surface area contributed by atoms with Crippen LogP contribution in [0.2, 0.25) is 0 Å². The molecule has 2 aromatic rings. The van der Waals surface area contributed by atoms with E-state index in [1.54, 1.807) is 35.6 Å². The lowest BCUT2D eigenvalue weighted by Gasteiger charge is -2.35. The lowest BCUT2D eigenvalue weighted by atomic mass is 10.2. The first-order valence-corrected chi connectivity index (χ1v) is 7.30. The molecule has 3 heterocycles. The van der Waals surface area contributed by atoms with E-state index >= 15 is 0 Å². The van der Waals surface area contributed by atoms with Gasteiger partial charge in [0.05, 0.1) is 12.6 Å². The van der Waals surface area contributed by atoms with Crippen molar-refractivity contribution in [2.24, 2.45) is 7.05 Å². The number of morpholine rings is 1. The molecule has 120 valence electrons. The molecule has 0 bridgehead atoms. The molecule has 8 heteroatoms. The number of nitriles is 1. The molecule has 0 unspecified atom stereocenters. The van der Waals surface area contributed by atoms with Crippen molar-refractivity contribution in [3.63, 3.8) is 0 Å². The molecule has 3 rings (SSSR count). The molecule has 1 aliphatic heterocycles. The van der Waals surface area contributed by atoms with Crippen LogP contribution in [0, 0.1) is 18.3 Å². The van der Waals surface area contributed by atoms with Crippen molar-refractivity contribution in [3.8, 4) is 6.07 Å². The highest BCUT2D eigenvalue weighted by molar-refractivity contribution is 5.93. The number of amides is 1. The number of aryl methyl sites for hydroxylation is 1. The quantitative estimate of drug-likeness (QED) is 0.825. The van der Waals surface area contributed by atoms with Crippen molar-refractivity contribution in [3.05, 3.63) is 35.2 Å². The van der Waals surface area contributed by atoms with Gasteiger partial charge >= 0.3 is 0 Å². The average Bonchev–Trinajstić information content (AvgIpc) is 3.12. The van der Waals surface area contributed by atoms with E-state index in [2.05, 4.69) is 16.2 Å². The standard InChI is InChI=1S/C15H17N5O3/c1-9-7-20(8-13(22-9)14-17-10(2)18-23-14)15(21)12-5-4-11(6-16)19(12)3/h4-5,9,13H,7-8H2,1-3H3/t9-,13-/m1/s1. The lowest BCUT2D eigenvalue weighted by molar-refractivity contribution is -0.0811. The minimum absolute atomic E-state index is 0.148. The molecule has 2 aromatic heterocycles. The first kappa shape index (κ1) is 15.2. The fourth-order valence-corrected chi connectivity index (χ4v) is 2.70. The molecule has 1 amide bonds. The molecular weight excluding hydrogens is 298 g/mol. The summed E-state index contributed by atoms with van der Waals surface area (Å²) in [4.78, 5) is 18.6. The normalized spacial score (nSPS) is 21.2. The number of nitrogens with zero attached hydrogens (tertiary/aromatic N) is 5. The van der Waals surface area contributed by atoms with Gasteiger partial charge in [-0.1, -0.05) is 5.16 Å². The van der Waals surface area contributed by atoms with Gasteiger partial charge in [-0.3, -0.25) is 4.79 Å². The van der Waals surface area contributed by atoms with E-state index in [0.717, 1.165) is 0 Å². The Morgan fingerprint density at radius 1 is 1.43 bits per heavy atom. The monoisotopic (exact) mass is 315 g/mol. The van der Waals surface area contributed by atoms with Gasteiger partial charge in [0.2, 0.25) is 0 Å². The number of ether oxygens (including phenoxy) is 1. The maximum atomic E-state index is 12.8. The van der Waals surface area contributed by atoms with Gasteiger partial charge in [-0.05, 0) is 26.0 Å². The lowest BCUT2D eigenvalue weighted by Crippen LogP contribution is -2.46. The van der Waals surface area contributed by atoms with E-state index in [1.165, 1.54) is 0 Å². The van der Waals surface area contributed by atoms with Gasteiger partial charge in [0.1, 0.15) is 17.5 Å². The third-order valence-corrected chi connectivity index (χ3v) is 3.82. The Morgan fingerprint density at radius 3 is 2.83 bits per heavy atom. The molecule has 1 saturated heterocycles. The maximum absolute atomic E-state index is 12.8. The molecule has 8 nitrogen and oxygen atoms in total. The summed E-state index contributed by atoms with van der Waals surface area (Å²) >= 11 is 0. The summed E-state index contributed by atoms with van der Waals surface area (Å²) in [5.41, 5.74) is 0.912. The summed E-state index contributed by atoms with van der Waals surface area (Å²) in [5.74, 6) is 0.752. The van der Waals surface area contributed by atoms with Crippen LogP contribution in [0.5, 0.6) is 0 Å². The van der Waals surface area contributed by atoms with Crippen LogP contribution in [0.15, 0.2) is 16.7 Å². The molecule has 1 aliphatic rings. The Morgan fingerprint density at radius 2 is 2.22 bits per heavy atom. The van der Waals surface area contributed by atoms with Crippen molar-refractivity contribution in [1.82, 2.24) is 19.6 Å². The third-order valence-electron chi connectivity index (χ3n) is 3.82. The van der Waals surface area contributed by atoms with Crippen LogP contribution in [-0.4, -0.2) is 44.7 Å². The molecular formula is C15H17N5O3. The number of aromatic nitrogens is 3. The SMILES string of the molecule is Cc1noc([C@H]2CN(C(=O)c3ccc(C#N)n3C)C[C@@H](C)O2)n1. The molecule has 0 spiro atoms. The fourth-order valence-electron chi connectivity index (χ4n) is 2.70. The molecule has 23 heavy (non-hydrogen) atoms. The smallest absolute Gasteiger partial charge is 0.270 e. The number of hydrogen-bond acceptors (Lipinski definition) is 6. The van der Waals surface area contributed by atoms with Crippen LogP contribution in [0.25, 0.3) is 0 Å². The second-order valence-electron chi connectivity index (χ2n) is 5.60. The van der Waals surface area contributed by atoms with Gasteiger partial charge in [-0.15, -0.1) is 0 Å². The average molecular weight is 315 g/mol. The molecule has 0 radical (unpaired) electrons. The highest BCUT2D eigenvalue weighted by Gasteiger charge is 2.33. The molecule has 0 N–H and O–H groups in total. The van der Waals surface area contributed by atoms with E-state index in [1.807, 2.05) is 6.92 Å². The predicted octanol–water partition coefficient (Wildman–Crippen LogP) is 1.19. The Hall–Kier alpha value is -2.66. The fraction of sp³-hybridized carbons (Fsp3) is 0.467. The predicted molar refractivity (Wildman–Crippen MR) is 78.4 cm³/mol. The molecule has 0 saturated carbocycles. The second kappa shape index (κ2) is 5.85. The zero-order chi connectivity index (χ0) is 16.6. The van der Waals surface area contributed by atoms with Crippen molar-refractivity contribution in [2.45, 2.75) is 26.1 Å². The number of carbonyl (C=O) groups excluding carboxylic acids is 1. The highest BCUT2D eigenvalue weighted by Crippen LogP contribution is 2.25. The largest absolute Gasteiger partial charge is 0.362 e. The minimum atomic E-state index is -0.445. The second-order valence-corrected chi connectivity index (χ2v) is 5.60. The Kier molecular flexibility index (Phi) is 3.88. The van der Waals surface area contributed by atoms with Crippen LogP contribution >= 0.6 is 0 Å². The van der Waals surface area contributed by atoms with Crippen molar-refractivity contribution >= 4 is 5.91 Å². The van der Waals surface area contributed by atoms with Crippen LogP contribution < -0.4 is 0 Å². The van der Waals surface area contributed by atoms with E-state index in [4.69, 9.17) is 14.5 Å². The van der Waals surface area contributed by atoms with Gasteiger partial charge in [0.15, 0.2) is 11.9 Å². The molecule has 2 atom stereocenters.